The molecular formula is C14H13N3O4. The van der Waals surface area contributed by atoms with Crippen LogP contribution in [-0.4, -0.2) is 20.9 Å². The molecule has 0 spiro atoms. The minimum Gasteiger partial charge on any atom is -0.502 e. The number of carbonyl (C=O) groups is 1. The Bertz CT molecular complexity index is 700. The van der Waals surface area contributed by atoms with Gasteiger partial charge in [-0.2, -0.15) is 0 Å². The lowest BCUT2D eigenvalue weighted by atomic mass is 10.1. The number of carbonyl (C=O) groups excluding carboxylic acids is 1. The van der Waals surface area contributed by atoms with E-state index in [9.17, 15) is 20.0 Å². The summed E-state index contributed by atoms with van der Waals surface area (Å²) in [6.45, 7) is 2.19. The van der Waals surface area contributed by atoms with Gasteiger partial charge in [0.15, 0.2) is 5.75 Å². The number of aromatic nitrogens is 1. The molecule has 1 amide bonds. The Balaban J connectivity index is 2.09. The molecule has 0 saturated carbocycles. The van der Waals surface area contributed by atoms with E-state index < -0.39 is 22.3 Å². The lowest BCUT2D eigenvalue weighted by Crippen LogP contribution is -2.23. The molecule has 0 atom stereocenters. The fourth-order valence-electron chi connectivity index (χ4n) is 1.78. The van der Waals surface area contributed by atoms with Gasteiger partial charge in [-0.1, -0.05) is 0 Å². The number of nitro groups is 1. The van der Waals surface area contributed by atoms with E-state index in [1.54, 1.807) is 12.4 Å². The van der Waals surface area contributed by atoms with Crippen LogP contribution in [-0.2, 0) is 6.54 Å². The molecule has 0 unspecified atom stereocenters. The van der Waals surface area contributed by atoms with E-state index in [1.807, 2.05) is 13.0 Å². The Labute approximate surface area is 120 Å². The van der Waals surface area contributed by atoms with Crippen molar-refractivity contribution in [1.82, 2.24) is 10.3 Å². The van der Waals surface area contributed by atoms with Crippen LogP contribution >= 0.6 is 0 Å². The molecule has 1 aromatic carbocycles. The van der Waals surface area contributed by atoms with Crippen LogP contribution < -0.4 is 5.32 Å². The van der Waals surface area contributed by atoms with Crippen molar-refractivity contribution in [2.45, 2.75) is 13.5 Å². The van der Waals surface area contributed by atoms with E-state index in [0.29, 0.717) is 0 Å². The molecule has 0 radical (unpaired) electrons. The summed E-state index contributed by atoms with van der Waals surface area (Å²) in [5.74, 6) is -0.964. The van der Waals surface area contributed by atoms with Gasteiger partial charge in [0.1, 0.15) is 0 Å². The van der Waals surface area contributed by atoms with Crippen LogP contribution in [0.5, 0.6) is 5.75 Å². The highest BCUT2D eigenvalue weighted by atomic mass is 16.6. The molecule has 0 aliphatic rings. The molecule has 0 fully saturated rings. The van der Waals surface area contributed by atoms with E-state index >= 15 is 0 Å². The monoisotopic (exact) mass is 287 g/mol. The van der Waals surface area contributed by atoms with E-state index in [4.69, 9.17) is 0 Å². The Kier molecular flexibility index (Phi) is 4.13. The Morgan fingerprint density at radius 3 is 2.81 bits per heavy atom. The predicted molar refractivity (Wildman–Crippen MR) is 74.9 cm³/mol. The van der Waals surface area contributed by atoms with Gasteiger partial charge in [-0.3, -0.25) is 19.9 Å². The normalized spacial score (nSPS) is 10.1. The summed E-state index contributed by atoms with van der Waals surface area (Å²) < 4.78 is 0. The zero-order valence-electron chi connectivity index (χ0n) is 11.2. The third kappa shape index (κ3) is 3.33. The maximum absolute atomic E-state index is 12.0. The van der Waals surface area contributed by atoms with Crippen molar-refractivity contribution < 1.29 is 14.8 Å². The van der Waals surface area contributed by atoms with Gasteiger partial charge in [-0.15, -0.1) is 0 Å². The minimum atomic E-state index is -0.712. The van der Waals surface area contributed by atoms with Crippen molar-refractivity contribution >= 4 is 11.6 Å². The molecule has 21 heavy (non-hydrogen) atoms. The van der Waals surface area contributed by atoms with Gasteiger partial charge in [0.2, 0.25) is 0 Å². The first kappa shape index (κ1) is 14.4. The van der Waals surface area contributed by atoms with Crippen molar-refractivity contribution in [1.29, 1.82) is 0 Å². The van der Waals surface area contributed by atoms with Crippen molar-refractivity contribution in [2.75, 3.05) is 0 Å². The molecule has 2 aromatic rings. The maximum atomic E-state index is 12.0. The third-order valence-corrected chi connectivity index (χ3v) is 3.02. The van der Waals surface area contributed by atoms with Crippen molar-refractivity contribution in [2.24, 2.45) is 0 Å². The fraction of sp³-hybridized carbons (Fsp3) is 0.143. The molecule has 2 N–H and O–H groups in total. The molecule has 7 heteroatoms. The molecule has 1 heterocycles. The molecule has 7 nitrogen and oxygen atoms in total. The van der Waals surface area contributed by atoms with Crippen molar-refractivity contribution in [3.63, 3.8) is 0 Å². The Morgan fingerprint density at radius 1 is 1.43 bits per heavy atom. The van der Waals surface area contributed by atoms with Crippen molar-refractivity contribution in [3.05, 3.63) is 63.5 Å². The van der Waals surface area contributed by atoms with E-state index in [1.165, 1.54) is 6.07 Å². The number of nitrogens with zero attached hydrogens (tertiary/aromatic N) is 2. The highest BCUT2D eigenvalue weighted by Crippen LogP contribution is 2.26. The van der Waals surface area contributed by atoms with Crippen LogP contribution in [0.3, 0.4) is 0 Å². The maximum Gasteiger partial charge on any atom is 0.310 e. The first-order chi connectivity index (χ1) is 9.99. The number of rotatable bonds is 4. The molecule has 0 aliphatic heterocycles. The smallest absolute Gasteiger partial charge is 0.310 e. The number of phenolic OH excluding ortho intramolecular Hbond substituents is 1. The topological polar surface area (TPSA) is 105 Å². The number of aryl methyl sites for hydroxylation is 1. The van der Waals surface area contributed by atoms with Gasteiger partial charge in [0.25, 0.3) is 5.91 Å². The summed E-state index contributed by atoms with van der Waals surface area (Å²) >= 11 is 0. The SMILES string of the molecule is Cc1ccncc1CNC(=O)c1ccc([N+](=O)[O-])c(O)c1. The number of phenols is 1. The highest BCUT2D eigenvalue weighted by molar-refractivity contribution is 5.95. The van der Waals surface area contributed by atoms with Crippen LogP contribution in [0, 0.1) is 17.0 Å². The molecular weight excluding hydrogens is 274 g/mol. The average molecular weight is 287 g/mol. The fourth-order valence-corrected chi connectivity index (χ4v) is 1.78. The zero-order chi connectivity index (χ0) is 15.4. The number of hydrogen-bond acceptors (Lipinski definition) is 5. The number of aromatic hydroxyl groups is 1. The van der Waals surface area contributed by atoms with Crippen LogP contribution in [0.1, 0.15) is 21.5 Å². The molecule has 0 bridgehead atoms. The lowest BCUT2D eigenvalue weighted by Gasteiger charge is -2.07. The molecule has 108 valence electrons. The van der Waals surface area contributed by atoms with E-state index in [0.717, 1.165) is 23.3 Å². The predicted octanol–water partition coefficient (Wildman–Crippen LogP) is 1.93. The highest BCUT2D eigenvalue weighted by Gasteiger charge is 2.16. The van der Waals surface area contributed by atoms with E-state index in [2.05, 4.69) is 10.3 Å². The standard InChI is InChI=1S/C14H13N3O4/c1-9-4-5-15-7-11(9)8-16-14(19)10-2-3-12(17(20)21)13(18)6-10/h2-7,18H,8H2,1H3,(H,16,19). The van der Waals surface area contributed by atoms with Crippen LogP contribution in [0.4, 0.5) is 5.69 Å². The minimum absolute atomic E-state index is 0.152. The second-order valence-electron chi connectivity index (χ2n) is 4.45. The molecule has 0 saturated heterocycles. The summed E-state index contributed by atoms with van der Waals surface area (Å²) in [5, 5.41) is 22.8. The van der Waals surface area contributed by atoms with Gasteiger partial charge in [0, 0.05) is 30.6 Å². The largest absolute Gasteiger partial charge is 0.502 e. The summed E-state index contributed by atoms with van der Waals surface area (Å²) in [7, 11) is 0. The average Bonchev–Trinajstić information content (AvgIpc) is 2.45. The molecule has 2 rings (SSSR count). The summed E-state index contributed by atoms with van der Waals surface area (Å²) in [6.07, 6.45) is 3.32. The van der Waals surface area contributed by atoms with Gasteiger partial charge in [0.05, 0.1) is 4.92 Å². The quantitative estimate of drug-likeness (QED) is 0.660. The summed E-state index contributed by atoms with van der Waals surface area (Å²) in [6, 6.07) is 5.30. The number of benzene rings is 1. The van der Waals surface area contributed by atoms with Crippen LogP contribution in [0.15, 0.2) is 36.7 Å². The zero-order valence-corrected chi connectivity index (χ0v) is 11.2. The number of amides is 1. The molecule has 0 aliphatic carbocycles. The van der Waals surface area contributed by atoms with Crippen LogP contribution in [0.25, 0.3) is 0 Å². The molecule has 1 aromatic heterocycles. The van der Waals surface area contributed by atoms with Gasteiger partial charge in [-0.05, 0) is 36.2 Å². The van der Waals surface area contributed by atoms with Gasteiger partial charge in [-0.25, -0.2) is 0 Å². The van der Waals surface area contributed by atoms with Crippen molar-refractivity contribution in [3.8, 4) is 5.75 Å². The van der Waals surface area contributed by atoms with Gasteiger partial charge < -0.3 is 10.4 Å². The lowest BCUT2D eigenvalue weighted by molar-refractivity contribution is -0.385. The third-order valence-electron chi connectivity index (χ3n) is 3.02. The first-order valence-electron chi connectivity index (χ1n) is 6.14. The first-order valence-corrected chi connectivity index (χ1v) is 6.14. The Hall–Kier alpha value is -2.96. The Morgan fingerprint density at radius 2 is 2.19 bits per heavy atom. The van der Waals surface area contributed by atoms with Crippen LogP contribution in [0.2, 0.25) is 0 Å². The summed E-state index contributed by atoms with van der Waals surface area (Å²) in [4.78, 5) is 25.8. The van der Waals surface area contributed by atoms with Gasteiger partial charge >= 0.3 is 5.69 Å². The number of pyridine rings is 1. The number of hydrogen-bond donors (Lipinski definition) is 2. The number of nitro benzene ring substituents is 1. The second kappa shape index (κ2) is 6.00. The summed E-state index contributed by atoms with van der Waals surface area (Å²) in [5.41, 5.74) is 1.59. The second-order valence-corrected chi connectivity index (χ2v) is 4.45. The van der Waals surface area contributed by atoms with E-state index in [-0.39, 0.29) is 12.1 Å². The number of nitrogens with one attached hydrogen (secondary N) is 1.